The Morgan fingerprint density at radius 1 is 2.00 bits per heavy atom. The number of nitrogens with zero attached hydrogens (tertiary/aromatic N) is 1. The van der Waals surface area contributed by atoms with Gasteiger partial charge >= 0.3 is 0 Å². The molecule has 0 bridgehead atoms. The first-order valence-electron chi connectivity index (χ1n) is 0.993. The molecule has 2 nitrogen and oxygen atoms in total. The molecule has 0 aromatic rings. The molecule has 0 aromatic heterocycles. The van der Waals surface area contributed by atoms with E-state index in [1.54, 1.807) is 0 Å². The molecule has 0 amide bonds. The van der Waals surface area contributed by atoms with Crippen LogP contribution < -0.4 is 0 Å². The zero-order chi connectivity index (χ0) is 4.28. The van der Waals surface area contributed by atoms with Crippen LogP contribution in [0, 0.1) is 4.61 Å². The highest BCUT2D eigenvalue weighted by atomic mass is 32.2. The summed E-state index contributed by atoms with van der Waals surface area (Å²) in [7, 11) is -1.81. The van der Waals surface area contributed by atoms with Gasteiger partial charge in [0.2, 0.25) is 0 Å². The van der Waals surface area contributed by atoms with Gasteiger partial charge in [-0.1, -0.05) is 6.58 Å². The molecule has 5 heavy (non-hydrogen) atoms. The third-order valence-electron chi connectivity index (χ3n) is 0.143. The summed E-state index contributed by atoms with van der Waals surface area (Å²) < 4.78 is 17.1. The highest BCUT2D eigenvalue weighted by Gasteiger charge is 1.53. The molecular weight excluding hydrogens is 86.1 g/mol. The summed E-state index contributed by atoms with van der Waals surface area (Å²) in [6.07, 6.45) is 0. The van der Waals surface area contributed by atoms with Gasteiger partial charge in [-0.25, -0.2) is 0 Å². The van der Waals surface area contributed by atoms with Crippen molar-refractivity contribution in [1.82, 2.24) is 0 Å². The maximum absolute atomic E-state index is 9.36. The summed E-state index contributed by atoms with van der Waals surface area (Å²) >= 11 is 0. The van der Waals surface area contributed by atoms with E-state index in [0.717, 1.165) is 5.41 Å². The zero-order valence-electron chi connectivity index (χ0n) is 2.55. The first-order chi connectivity index (χ1) is 2.27. The lowest BCUT2D eigenvalue weighted by atomic mass is 11.3. The molecule has 0 atom stereocenters. The molecule has 0 heterocycles. The Hall–Kier alpha value is -0.530. The molecule has 0 radical (unpaired) electrons. The van der Waals surface area contributed by atoms with Gasteiger partial charge in [0.1, 0.15) is 0 Å². The average Bonchev–Trinajstić information content (AvgIpc) is 1.38. The Morgan fingerprint density at radius 3 is 2.20 bits per heavy atom. The SMILES string of the molecule is C=CS(#N)=O. The normalized spacial score (nSPS) is 6.20. The maximum Gasteiger partial charge on any atom is 0.186 e. The van der Waals surface area contributed by atoms with Gasteiger partial charge in [-0.3, -0.25) is 0 Å². The topological polar surface area (TPSA) is 40.9 Å². The van der Waals surface area contributed by atoms with Gasteiger partial charge in [0.05, 0.1) is 0 Å². The van der Waals surface area contributed by atoms with E-state index in [9.17, 15) is 4.21 Å². The monoisotopic (exact) mass is 89.0 g/mol. The van der Waals surface area contributed by atoms with E-state index in [1.165, 1.54) is 0 Å². The molecule has 0 N–H and O–H groups in total. The molecule has 0 aromatic carbocycles. The first kappa shape index (κ1) is 4.47. The highest BCUT2D eigenvalue weighted by Crippen LogP contribution is 1.51. The molecule has 0 rings (SSSR count). The summed E-state index contributed by atoms with van der Waals surface area (Å²) in [4.78, 5) is 0. The van der Waals surface area contributed by atoms with Crippen LogP contribution >= 0.6 is 0 Å². The Morgan fingerprint density at radius 2 is 2.20 bits per heavy atom. The second-order valence-electron chi connectivity index (χ2n) is 0.443. The Kier molecular flexibility index (Phi) is 1.57. The van der Waals surface area contributed by atoms with Crippen LogP contribution in [0.2, 0.25) is 0 Å². The average molecular weight is 89.1 g/mol. The van der Waals surface area contributed by atoms with Gasteiger partial charge in [0.25, 0.3) is 0 Å². The second kappa shape index (κ2) is 1.76. The highest BCUT2D eigenvalue weighted by molar-refractivity contribution is 7.74. The third-order valence-corrected chi connectivity index (χ3v) is 0.428. The van der Waals surface area contributed by atoms with E-state index in [0.29, 0.717) is 0 Å². The van der Waals surface area contributed by atoms with E-state index in [1.807, 2.05) is 0 Å². The molecule has 0 saturated carbocycles. The van der Waals surface area contributed by atoms with Crippen molar-refractivity contribution in [2.75, 3.05) is 0 Å². The van der Waals surface area contributed by atoms with Crippen LogP contribution in [-0.4, -0.2) is 4.21 Å². The molecular formula is C2H3NOS. The van der Waals surface area contributed by atoms with Crippen LogP contribution in [0.25, 0.3) is 0 Å². The number of hydrogen-bond donors (Lipinski definition) is 0. The van der Waals surface area contributed by atoms with Crippen LogP contribution in [0.1, 0.15) is 0 Å². The summed E-state index contributed by atoms with van der Waals surface area (Å²) in [5.74, 6) is 0. The minimum absolute atomic E-state index is 0.944. The quantitative estimate of drug-likeness (QED) is 0.430. The fraction of sp³-hybridized carbons (Fsp3) is 0. The Bertz CT molecular complexity index is 131. The van der Waals surface area contributed by atoms with Crippen molar-refractivity contribution >= 4 is 10.4 Å². The third kappa shape index (κ3) is 3.47. The van der Waals surface area contributed by atoms with E-state index in [2.05, 4.69) is 6.58 Å². The van der Waals surface area contributed by atoms with Crippen molar-refractivity contribution in [2.45, 2.75) is 0 Å². The van der Waals surface area contributed by atoms with Gasteiger partial charge in [0.15, 0.2) is 10.4 Å². The van der Waals surface area contributed by atoms with E-state index in [4.69, 9.17) is 4.61 Å². The lowest BCUT2D eigenvalue weighted by Gasteiger charge is -1.41. The van der Waals surface area contributed by atoms with Crippen molar-refractivity contribution in [3.05, 3.63) is 12.0 Å². The van der Waals surface area contributed by atoms with Crippen molar-refractivity contribution in [3.63, 3.8) is 0 Å². The molecule has 3 heteroatoms. The summed E-state index contributed by atoms with van der Waals surface area (Å²) in [5.41, 5.74) is 0. The summed E-state index contributed by atoms with van der Waals surface area (Å²) in [6.45, 7) is 3.01. The Labute approximate surface area is 32.2 Å². The number of hydrogen-bond acceptors (Lipinski definition) is 2. The molecule has 0 saturated heterocycles. The molecule has 0 spiro atoms. The predicted octanol–water partition coefficient (Wildman–Crippen LogP) is 0.358. The van der Waals surface area contributed by atoms with E-state index in [-0.39, 0.29) is 0 Å². The van der Waals surface area contributed by atoms with Gasteiger partial charge in [-0.05, 0) is 0 Å². The summed E-state index contributed by atoms with van der Waals surface area (Å²) in [6, 6.07) is 0. The van der Waals surface area contributed by atoms with E-state index < -0.39 is 10.4 Å². The maximum atomic E-state index is 9.36. The van der Waals surface area contributed by atoms with Gasteiger partial charge in [-0.15, -0.1) is 4.61 Å². The molecule has 28 valence electrons. The standard InChI is InChI=1S/C2H3NOS/c1-2-5(3)4/h2H,1H2. The minimum Gasteiger partial charge on any atom is -0.191 e. The van der Waals surface area contributed by atoms with Crippen molar-refractivity contribution in [2.24, 2.45) is 0 Å². The zero-order valence-corrected chi connectivity index (χ0v) is 3.36. The van der Waals surface area contributed by atoms with Crippen LogP contribution in [0.4, 0.5) is 0 Å². The second-order valence-corrected chi connectivity index (χ2v) is 1.33. The predicted molar refractivity (Wildman–Crippen MR) is 20.1 cm³/mol. The lowest BCUT2D eigenvalue weighted by Crippen LogP contribution is -1.45. The fourth-order valence-corrected chi connectivity index (χ4v) is 0. The first-order valence-corrected chi connectivity index (χ1v) is 2.16. The largest absolute Gasteiger partial charge is 0.191 e. The van der Waals surface area contributed by atoms with Crippen molar-refractivity contribution < 1.29 is 4.21 Å². The molecule has 0 aliphatic rings. The minimum atomic E-state index is -1.81. The molecule has 0 unspecified atom stereocenters. The van der Waals surface area contributed by atoms with Crippen LogP contribution in [-0.2, 0) is 10.4 Å². The van der Waals surface area contributed by atoms with Crippen LogP contribution in [0.15, 0.2) is 12.0 Å². The van der Waals surface area contributed by atoms with Crippen LogP contribution in [0.3, 0.4) is 0 Å². The van der Waals surface area contributed by atoms with Gasteiger partial charge in [0, 0.05) is 5.41 Å². The Balaban J connectivity index is 3.90. The lowest BCUT2D eigenvalue weighted by molar-refractivity contribution is 0.694. The smallest absolute Gasteiger partial charge is 0.186 e. The van der Waals surface area contributed by atoms with Crippen molar-refractivity contribution in [3.8, 4) is 0 Å². The van der Waals surface area contributed by atoms with Crippen LogP contribution in [0.5, 0.6) is 0 Å². The van der Waals surface area contributed by atoms with Gasteiger partial charge in [-0.2, -0.15) is 4.21 Å². The molecule has 0 aliphatic heterocycles. The van der Waals surface area contributed by atoms with Gasteiger partial charge < -0.3 is 0 Å². The summed E-state index contributed by atoms with van der Waals surface area (Å²) in [5, 5.41) is 0.944. The van der Waals surface area contributed by atoms with E-state index >= 15 is 0 Å². The van der Waals surface area contributed by atoms with Crippen molar-refractivity contribution in [1.29, 1.82) is 4.61 Å². The fourth-order valence-electron chi connectivity index (χ4n) is 0. The molecule has 0 aliphatic carbocycles. The number of rotatable bonds is 0. The molecule has 0 fully saturated rings.